The van der Waals surface area contributed by atoms with Crippen molar-refractivity contribution in [3.63, 3.8) is 0 Å². The molecule has 1 amide bonds. The van der Waals surface area contributed by atoms with Gasteiger partial charge in [-0.1, -0.05) is 12.1 Å². The summed E-state index contributed by atoms with van der Waals surface area (Å²) in [5.74, 6) is 0.0558. The SMILES string of the molecule is COCc1ccc(C(=O)N2C[C@H](O)C[C@@H]2c2cccc(F)c2)o1. The van der Waals surface area contributed by atoms with Crippen LogP contribution in [0.1, 0.15) is 34.3 Å². The van der Waals surface area contributed by atoms with Crippen LogP contribution in [-0.4, -0.2) is 35.7 Å². The van der Waals surface area contributed by atoms with Crippen LogP contribution in [0.25, 0.3) is 0 Å². The maximum Gasteiger partial charge on any atom is 0.290 e. The van der Waals surface area contributed by atoms with Crippen LogP contribution < -0.4 is 0 Å². The third-order valence-electron chi connectivity index (χ3n) is 3.93. The van der Waals surface area contributed by atoms with Crippen molar-refractivity contribution in [2.75, 3.05) is 13.7 Å². The van der Waals surface area contributed by atoms with Gasteiger partial charge in [0.1, 0.15) is 18.2 Å². The molecule has 2 aromatic rings. The number of methoxy groups -OCH3 is 1. The first kappa shape index (κ1) is 15.7. The van der Waals surface area contributed by atoms with E-state index in [9.17, 15) is 14.3 Å². The average Bonchev–Trinajstić information content (AvgIpc) is 3.14. The number of hydrogen-bond acceptors (Lipinski definition) is 4. The number of carbonyl (C=O) groups is 1. The smallest absolute Gasteiger partial charge is 0.290 e. The topological polar surface area (TPSA) is 62.9 Å². The fourth-order valence-electron chi connectivity index (χ4n) is 2.92. The Morgan fingerprint density at radius 2 is 2.26 bits per heavy atom. The second-order valence-corrected chi connectivity index (χ2v) is 5.62. The first-order valence-electron chi connectivity index (χ1n) is 7.40. The minimum absolute atomic E-state index is 0.188. The first-order chi connectivity index (χ1) is 11.1. The highest BCUT2D eigenvalue weighted by molar-refractivity contribution is 5.92. The zero-order chi connectivity index (χ0) is 16.4. The van der Waals surface area contributed by atoms with Crippen molar-refractivity contribution in [3.8, 4) is 0 Å². The molecule has 0 unspecified atom stereocenters. The van der Waals surface area contributed by atoms with Crippen LogP contribution in [-0.2, 0) is 11.3 Å². The summed E-state index contributed by atoms with van der Waals surface area (Å²) in [7, 11) is 1.54. The molecule has 1 aromatic heterocycles. The molecular formula is C17H18FNO4. The van der Waals surface area contributed by atoms with Crippen molar-refractivity contribution in [3.05, 3.63) is 59.3 Å². The summed E-state index contributed by atoms with van der Waals surface area (Å²) in [6.45, 7) is 0.476. The number of carbonyl (C=O) groups excluding carboxylic acids is 1. The monoisotopic (exact) mass is 319 g/mol. The predicted molar refractivity (Wildman–Crippen MR) is 80.2 cm³/mol. The quantitative estimate of drug-likeness (QED) is 0.940. The lowest BCUT2D eigenvalue weighted by Crippen LogP contribution is -2.31. The number of amides is 1. The molecule has 0 radical (unpaired) electrons. The molecule has 1 saturated heterocycles. The predicted octanol–water partition coefficient (Wildman–Crippen LogP) is 2.51. The van der Waals surface area contributed by atoms with Gasteiger partial charge in [-0.15, -0.1) is 0 Å². The van der Waals surface area contributed by atoms with Crippen molar-refractivity contribution in [1.82, 2.24) is 4.90 Å². The minimum atomic E-state index is -0.638. The third-order valence-corrected chi connectivity index (χ3v) is 3.93. The van der Waals surface area contributed by atoms with E-state index in [-0.39, 0.29) is 36.7 Å². The van der Waals surface area contributed by atoms with Crippen molar-refractivity contribution in [2.24, 2.45) is 0 Å². The van der Waals surface area contributed by atoms with Gasteiger partial charge in [0, 0.05) is 13.7 Å². The maximum atomic E-state index is 13.5. The molecule has 0 saturated carbocycles. The molecule has 0 aliphatic carbocycles. The summed E-state index contributed by atoms with van der Waals surface area (Å²) in [5.41, 5.74) is 0.665. The average molecular weight is 319 g/mol. The van der Waals surface area contributed by atoms with Gasteiger partial charge in [0.05, 0.1) is 12.1 Å². The maximum absolute atomic E-state index is 13.5. The van der Waals surface area contributed by atoms with Gasteiger partial charge in [0.15, 0.2) is 5.76 Å². The molecule has 1 fully saturated rings. The lowest BCUT2D eigenvalue weighted by molar-refractivity contribution is 0.0676. The molecule has 3 rings (SSSR count). The summed E-state index contributed by atoms with van der Waals surface area (Å²) in [6, 6.07) is 8.99. The number of nitrogens with zero attached hydrogens (tertiary/aromatic N) is 1. The van der Waals surface area contributed by atoms with Gasteiger partial charge in [-0.05, 0) is 36.2 Å². The largest absolute Gasteiger partial charge is 0.453 e. The molecule has 0 spiro atoms. The Bertz CT molecular complexity index is 699. The lowest BCUT2D eigenvalue weighted by Gasteiger charge is -2.23. The number of halogens is 1. The van der Waals surface area contributed by atoms with Crippen molar-refractivity contribution >= 4 is 5.91 Å². The molecule has 1 N–H and O–H groups in total. The molecule has 0 bridgehead atoms. The van der Waals surface area contributed by atoms with Gasteiger partial charge in [0.25, 0.3) is 5.91 Å². The summed E-state index contributed by atoms with van der Waals surface area (Å²) in [5, 5.41) is 9.95. The minimum Gasteiger partial charge on any atom is -0.453 e. The zero-order valence-electron chi connectivity index (χ0n) is 12.7. The van der Waals surface area contributed by atoms with E-state index in [1.807, 2.05) is 0 Å². The second kappa shape index (κ2) is 6.52. The number of ether oxygens (including phenoxy) is 1. The van der Waals surface area contributed by atoms with E-state index < -0.39 is 6.10 Å². The van der Waals surface area contributed by atoms with Crippen molar-refractivity contribution < 1.29 is 23.4 Å². The number of rotatable bonds is 4. The molecule has 2 heterocycles. The highest BCUT2D eigenvalue weighted by Gasteiger charge is 2.36. The standard InChI is InChI=1S/C17H18FNO4/c1-22-10-14-5-6-16(23-14)17(21)19-9-13(20)8-15(19)11-3-2-4-12(18)7-11/h2-7,13,15,20H,8-10H2,1H3/t13-,15-/m1/s1. The summed E-state index contributed by atoms with van der Waals surface area (Å²) in [4.78, 5) is 14.2. The Morgan fingerprint density at radius 3 is 3.00 bits per heavy atom. The fourth-order valence-corrected chi connectivity index (χ4v) is 2.92. The number of likely N-dealkylation sites (tertiary alicyclic amines) is 1. The summed E-state index contributed by atoms with van der Waals surface area (Å²) >= 11 is 0. The van der Waals surface area contributed by atoms with E-state index in [0.717, 1.165) is 0 Å². The second-order valence-electron chi connectivity index (χ2n) is 5.62. The van der Waals surface area contributed by atoms with E-state index in [1.165, 1.54) is 17.0 Å². The highest BCUT2D eigenvalue weighted by atomic mass is 19.1. The van der Waals surface area contributed by atoms with Crippen molar-refractivity contribution in [1.29, 1.82) is 0 Å². The highest BCUT2D eigenvalue weighted by Crippen LogP contribution is 2.33. The van der Waals surface area contributed by atoms with Gasteiger partial charge in [0.2, 0.25) is 0 Å². The molecular weight excluding hydrogens is 301 g/mol. The van der Waals surface area contributed by atoms with E-state index >= 15 is 0 Å². The Morgan fingerprint density at radius 1 is 1.43 bits per heavy atom. The summed E-state index contributed by atoms with van der Waals surface area (Å²) < 4.78 is 23.9. The fraction of sp³-hybridized carbons (Fsp3) is 0.353. The molecule has 1 aliphatic rings. The van der Waals surface area contributed by atoms with Gasteiger partial charge < -0.3 is 19.2 Å². The molecule has 6 heteroatoms. The van der Waals surface area contributed by atoms with E-state index in [2.05, 4.69) is 0 Å². The summed E-state index contributed by atoms with van der Waals surface area (Å²) in [6.07, 6.45) is -0.262. The van der Waals surface area contributed by atoms with Crippen LogP contribution in [0.3, 0.4) is 0 Å². The third kappa shape index (κ3) is 3.28. The lowest BCUT2D eigenvalue weighted by atomic mass is 10.0. The normalized spacial score (nSPS) is 20.9. The van der Waals surface area contributed by atoms with Crippen LogP contribution >= 0.6 is 0 Å². The van der Waals surface area contributed by atoms with E-state index in [0.29, 0.717) is 17.7 Å². The van der Waals surface area contributed by atoms with Crippen molar-refractivity contribution in [2.45, 2.75) is 25.2 Å². The van der Waals surface area contributed by atoms with Gasteiger partial charge in [-0.2, -0.15) is 0 Å². The van der Waals surface area contributed by atoms with Crippen LogP contribution in [0.4, 0.5) is 4.39 Å². The Hall–Kier alpha value is -2.18. The van der Waals surface area contributed by atoms with Crippen LogP contribution in [0.2, 0.25) is 0 Å². The van der Waals surface area contributed by atoms with Gasteiger partial charge >= 0.3 is 0 Å². The zero-order valence-corrected chi connectivity index (χ0v) is 12.7. The molecule has 2 atom stereocenters. The number of hydrogen-bond donors (Lipinski definition) is 1. The van der Waals surface area contributed by atoms with Gasteiger partial charge in [-0.3, -0.25) is 4.79 Å². The molecule has 122 valence electrons. The number of benzene rings is 1. The Kier molecular flexibility index (Phi) is 4.45. The Balaban J connectivity index is 1.85. The van der Waals surface area contributed by atoms with Crippen LogP contribution in [0.5, 0.6) is 0 Å². The Labute approximate surface area is 133 Å². The molecule has 5 nitrogen and oxygen atoms in total. The van der Waals surface area contributed by atoms with Gasteiger partial charge in [-0.25, -0.2) is 4.39 Å². The molecule has 23 heavy (non-hydrogen) atoms. The van der Waals surface area contributed by atoms with E-state index in [1.54, 1.807) is 31.4 Å². The molecule has 1 aliphatic heterocycles. The molecule has 1 aromatic carbocycles. The number of aliphatic hydroxyl groups excluding tert-OH is 1. The number of aliphatic hydroxyl groups is 1. The van der Waals surface area contributed by atoms with Crippen LogP contribution in [0, 0.1) is 5.82 Å². The van der Waals surface area contributed by atoms with E-state index in [4.69, 9.17) is 9.15 Å². The number of furan rings is 1. The van der Waals surface area contributed by atoms with Crippen LogP contribution in [0.15, 0.2) is 40.8 Å². The first-order valence-corrected chi connectivity index (χ1v) is 7.40. The number of β-amino-alcohol motifs (C(OH)–C–C–N with tert-alkyl or cyclic N) is 1.